The van der Waals surface area contributed by atoms with Gasteiger partial charge in [0, 0.05) is 19.0 Å². The number of pyridine rings is 1. The van der Waals surface area contributed by atoms with Gasteiger partial charge in [0.1, 0.15) is 6.10 Å². The number of ether oxygens (including phenoxy) is 1. The van der Waals surface area contributed by atoms with Crippen LogP contribution in [0.25, 0.3) is 28.2 Å². The van der Waals surface area contributed by atoms with Gasteiger partial charge in [-0.25, -0.2) is 9.13 Å². The molecule has 0 aliphatic rings. The number of fused-ring (bicyclic) bond motifs is 1. The van der Waals surface area contributed by atoms with E-state index in [-0.39, 0.29) is 6.10 Å². The van der Waals surface area contributed by atoms with Crippen LogP contribution in [-0.4, -0.2) is 44.0 Å². The van der Waals surface area contributed by atoms with Gasteiger partial charge in [-0.15, -0.1) is 0 Å². The van der Waals surface area contributed by atoms with Crippen molar-refractivity contribution in [2.75, 3.05) is 13.6 Å². The molecular formula is C18H24IN6OP. The average molecular weight is 498 g/mol. The lowest BCUT2D eigenvalue weighted by atomic mass is 10.1. The average Bonchev–Trinajstić information content (AvgIpc) is 3.12. The highest BCUT2D eigenvalue weighted by Gasteiger charge is 2.22. The first-order chi connectivity index (χ1) is 12.9. The fourth-order valence-corrected chi connectivity index (χ4v) is 4.83. The molecule has 0 aromatic carbocycles. The van der Waals surface area contributed by atoms with Crippen molar-refractivity contribution < 1.29 is 4.74 Å². The predicted molar refractivity (Wildman–Crippen MR) is 121 cm³/mol. The summed E-state index contributed by atoms with van der Waals surface area (Å²) >= 11 is 2.33. The van der Waals surface area contributed by atoms with Gasteiger partial charge in [-0.05, 0) is 62.0 Å². The van der Waals surface area contributed by atoms with Crippen molar-refractivity contribution in [3.63, 3.8) is 0 Å². The van der Waals surface area contributed by atoms with Gasteiger partial charge in [-0.1, -0.05) is 6.58 Å². The van der Waals surface area contributed by atoms with E-state index in [0.29, 0.717) is 6.37 Å². The molecule has 0 saturated heterocycles. The Morgan fingerprint density at radius 2 is 2.11 bits per heavy atom. The third-order valence-corrected chi connectivity index (χ3v) is 6.22. The summed E-state index contributed by atoms with van der Waals surface area (Å²) in [6.07, 6.45) is 2.31. The second kappa shape index (κ2) is 8.24. The Labute approximate surface area is 173 Å². The van der Waals surface area contributed by atoms with E-state index in [1.165, 1.54) is 0 Å². The van der Waals surface area contributed by atoms with Crippen LogP contribution in [0.4, 0.5) is 0 Å². The van der Waals surface area contributed by atoms with Crippen LogP contribution in [0.15, 0.2) is 12.6 Å². The molecule has 0 fully saturated rings. The van der Waals surface area contributed by atoms with Gasteiger partial charge < -0.3 is 10.1 Å². The van der Waals surface area contributed by atoms with Gasteiger partial charge in [-0.3, -0.25) is 4.98 Å². The molecule has 0 aliphatic heterocycles. The number of hydrogen-bond donors (Lipinski definition) is 1. The van der Waals surface area contributed by atoms with Crippen molar-refractivity contribution in [3.05, 3.63) is 29.7 Å². The lowest BCUT2D eigenvalue weighted by Gasteiger charge is -2.16. The van der Waals surface area contributed by atoms with E-state index in [0.717, 1.165) is 51.7 Å². The van der Waals surface area contributed by atoms with Crippen LogP contribution in [0.1, 0.15) is 24.0 Å². The van der Waals surface area contributed by atoms with Gasteiger partial charge in [-0.2, -0.15) is 10.2 Å². The second-order valence-corrected chi connectivity index (χ2v) is 8.49. The minimum Gasteiger partial charge on any atom is -0.473 e. The molecule has 0 bridgehead atoms. The van der Waals surface area contributed by atoms with Crippen LogP contribution in [0.5, 0.6) is 5.88 Å². The summed E-state index contributed by atoms with van der Waals surface area (Å²) < 4.78 is 9.95. The summed E-state index contributed by atoms with van der Waals surface area (Å²) in [6.45, 7) is 10.7. The number of hydrogen-bond acceptors (Lipinski definition) is 5. The summed E-state index contributed by atoms with van der Waals surface area (Å²) in [6, 6.07) is 2.07. The maximum absolute atomic E-state index is 6.18. The first-order valence-corrected chi connectivity index (χ1v) is 12.7. The maximum Gasteiger partial charge on any atom is 0.221 e. The van der Waals surface area contributed by atoms with Crippen LogP contribution >= 0.6 is 28.4 Å². The third-order valence-electron chi connectivity index (χ3n) is 4.37. The number of aryl methyl sites for hydroxylation is 3. The number of likely N-dealkylation sites (N-methyl/N-ethyl adjacent to an activating group) is 1. The summed E-state index contributed by atoms with van der Waals surface area (Å²) in [4.78, 5) is 4.87. The van der Waals surface area contributed by atoms with E-state index in [4.69, 9.17) is 9.72 Å². The van der Waals surface area contributed by atoms with Crippen molar-refractivity contribution in [1.29, 1.82) is 0 Å². The lowest BCUT2D eigenvalue weighted by molar-refractivity contribution is 0.203. The van der Waals surface area contributed by atoms with Crippen molar-refractivity contribution in [1.82, 2.24) is 29.6 Å². The third kappa shape index (κ3) is 3.75. The molecule has 0 amide bonds. The fraction of sp³-hybridized carbons (Fsp3) is 0.389. The van der Waals surface area contributed by atoms with Crippen LogP contribution in [0.3, 0.4) is 0 Å². The van der Waals surface area contributed by atoms with E-state index in [2.05, 4.69) is 50.2 Å². The second-order valence-electron chi connectivity index (χ2n) is 6.45. The Bertz CT molecular complexity index is 996. The zero-order valence-corrected chi connectivity index (χ0v) is 19.3. The lowest BCUT2D eigenvalue weighted by Crippen LogP contribution is -2.27. The Balaban J connectivity index is 2.20. The standard InChI is InChI=1S/C18H24IN6OP/c1-7-14-13-8-15(21-12(4)17(13)25(23-14)27-19)16-11(3)22-24(6)18(16)26-10(2)9-20-5/h7-8,10,20,27H,1,9H2,2-6H3. The quantitative estimate of drug-likeness (QED) is 0.396. The maximum atomic E-state index is 6.18. The van der Waals surface area contributed by atoms with E-state index in [9.17, 15) is 0 Å². The molecule has 7 nitrogen and oxygen atoms in total. The first-order valence-electron chi connectivity index (χ1n) is 8.65. The number of halogens is 1. The molecule has 2 atom stereocenters. The summed E-state index contributed by atoms with van der Waals surface area (Å²) in [5, 5.41) is 13.4. The molecule has 0 saturated carbocycles. The van der Waals surface area contributed by atoms with E-state index < -0.39 is 0 Å². The summed E-state index contributed by atoms with van der Waals surface area (Å²) in [7, 11) is 3.81. The van der Waals surface area contributed by atoms with Crippen molar-refractivity contribution in [2.24, 2.45) is 7.05 Å². The van der Waals surface area contributed by atoms with E-state index in [1.807, 2.05) is 39.3 Å². The molecular weight excluding hydrogens is 474 g/mol. The number of aromatic nitrogens is 5. The zero-order valence-electron chi connectivity index (χ0n) is 16.2. The summed E-state index contributed by atoms with van der Waals surface area (Å²) in [5.74, 6) is 0.727. The van der Waals surface area contributed by atoms with Crippen LogP contribution in [0.2, 0.25) is 0 Å². The highest BCUT2D eigenvalue weighted by atomic mass is 127. The van der Waals surface area contributed by atoms with Gasteiger partial charge in [0.2, 0.25) is 5.88 Å². The SMILES string of the molecule is C=Cc1nn(PI)c2c(C)nc(-c3c(C)nn(C)c3OC(C)CNC)cc12. The molecule has 0 spiro atoms. The van der Waals surface area contributed by atoms with Gasteiger partial charge in [0.25, 0.3) is 0 Å². The van der Waals surface area contributed by atoms with Gasteiger partial charge >= 0.3 is 0 Å². The highest BCUT2D eigenvalue weighted by molar-refractivity contribution is 14.2. The van der Waals surface area contributed by atoms with E-state index >= 15 is 0 Å². The smallest absolute Gasteiger partial charge is 0.221 e. The molecule has 0 aliphatic carbocycles. The predicted octanol–water partition coefficient (Wildman–Crippen LogP) is 3.87. The Kier molecular flexibility index (Phi) is 6.18. The molecule has 3 rings (SSSR count). The number of rotatable bonds is 7. The van der Waals surface area contributed by atoms with Crippen molar-refractivity contribution in [3.8, 4) is 17.1 Å². The largest absolute Gasteiger partial charge is 0.473 e. The minimum atomic E-state index is 0.0140. The Morgan fingerprint density at radius 1 is 1.37 bits per heavy atom. The van der Waals surface area contributed by atoms with Crippen molar-refractivity contribution in [2.45, 2.75) is 26.9 Å². The van der Waals surface area contributed by atoms with Gasteiger partial charge in [0.05, 0.1) is 40.2 Å². The monoisotopic (exact) mass is 498 g/mol. The summed E-state index contributed by atoms with van der Waals surface area (Å²) in [5.41, 5.74) is 5.51. The molecule has 2 unspecified atom stereocenters. The molecule has 3 heterocycles. The zero-order chi connectivity index (χ0) is 19.7. The molecule has 144 valence electrons. The Morgan fingerprint density at radius 3 is 2.74 bits per heavy atom. The highest BCUT2D eigenvalue weighted by Crippen LogP contribution is 2.37. The molecule has 27 heavy (non-hydrogen) atoms. The normalized spacial score (nSPS) is 13.0. The fourth-order valence-electron chi connectivity index (χ4n) is 3.27. The molecule has 9 heteroatoms. The molecule has 0 radical (unpaired) electrons. The number of nitrogens with one attached hydrogen (secondary N) is 1. The number of nitrogens with zero attached hydrogens (tertiary/aromatic N) is 5. The van der Waals surface area contributed by atoms with E-state index in [1.54, 1.807) is 10.8 Å². The molecule has 3 aromatic rings. The van der Waals surface area contributed by atoms with Crippen LogP contribution < -0.4 is 10.1 Å². The topological polar surface area (TPSA) is 69.8 Å². The van der Waals surface area contributed by atoms with Crippen LogP contribution in [-0.2, 0) is 7.05 Å². The first kappa shape index (κ1) is 20.2. The molecule has 3 aromatic heterocycles. The van der Waals surface area contributed by atoms with Gasteiger partial charge in [0.15, 0.2) is 0 Å². The minimum absolute atomic E-state index is 0.0140. The van der Waals surface area contributed by atoms with Crippen molar-refractivity contribution >= 4 is 45.4 Å². The molecule has 1 N–H and O–H groups in total. The van der Waals surface area contributed by atoms with Crippen LogP contribution in [0, 0.1) is 13.8 Å². The Hall–Kier alpha value is -1.51.